The van der Waals surface area contributed by atoms with E-state index in [1.165, 1.54) is 18.4 Å². The summed E-state index contributed by atoms with van der Waals surface area (Å²) < 4.78 is 5.28. The van der Waals surface area contributed by atoms with Gasteiger partial charge in [-0.25, -0.2) is 9.97 Å². The van der Waals surface area contributed by atoms with E-state index in [1.807, 2.05) is 36.5 Å². The summed E-state index contributed by atoms with van der Waals surface area (Å²) >= 11 is 0. The number of hydrogen-bond acceptors (Lipinski definition) is 5. The number of nitrogen functional groups attached to an aromatic ring is 1. The normalized spacial score (nSPS) is 17.4. The van der Waals surface area contributed by atoms with Crippen LogP contribution in [0.15, 0.2) is 60.8 Å². The molecule has 5 nitrogen and oxygen atoms in total. The predicted octanol–water partition coefficient (Wildman–Crippen LogP) is 4.46. The monoisotopic (exact) mass is 374 g/mol. The van der Waals surface area contributed by atoms with Crippen LogP contribution in [0.1, 0.15) is 36.6 Å². The maximum atomic E-state index is 5.99. The first-order chi connectivity index (χ1) is 13.7. The Morgan fingerprint density at radius 3 is 2.61 bits per heavy atom. The van der Waals surface area contributed by atoms with Crippen LogP contribution in [0.25, 0.3) is 11.1 Å². The van der Waals surface area contributed by atoms with Crippen molar-refractivity contribution in [1.29, 1.82) is 0 Å². The van der Waals surface area contributed by atoms with E-state index >= 15 is 0 Å². The lowest BCUT2D eigenvalue weighted by molar-refractivity contribution is 0.137. The Morgan fingerprint density at radius 2 is 1.86 bits per heavy atom. The maximum Gasteiger partial charge on any atom is 0.220 e. The van der Waals surface area contributed by atoms with Gasteiger partial charge in [-0.15, -0.1) is 0 Å². The molecule has 28 heavy (non-hydrogen) atoms. The van der Waals surface area contributed by atoms with Crippen LogP contribution in [0.2, 0.25) is 0 Å². The van der Waals surface area contributed by atoms with E-state index in [9.17, 15) is 0 Å². The van der Waals surface area contributed by atoms with E-state index in [0.29, 0.717) is 5.95 Å². The van der Waals surface area contributed by atoms with Gasteiger partial charge in [0.25, 0.3) is 0 Å². The summed E-state index contributed by atoms with van der Waals surface area (Å²) in [7, 11) is 1.69. The molecule has 0 radical (unpaired) electrons. The highest BCUT2D eigenvalue weighted by atomic mass is 16.5. The molecule has 2 heterocycles. The smallest absolute Gasteiger partial charge is 0.220 e. The van der Waals surface area contributed by atoms with Crippen molar-refractivity contribution in [3.05, 3.63) is 72.1 Å². The molecule has 0 unspecified atom stereocenters. The Hall–Kier alpha value is -2.92. The predicted molar refractivity (Wildman–Crippen MR) is 112 cm³/mol. The zero-order chi connectivity index (χ0) is 19.3. The molecular weight excluding hydrogens is 348 g/mol. The topological polar surface area (TPSA) is 64.3 Å². The largest absolute Gasteiger partial charge is 0.497 e. The van der Waals surface area contributed by atoms with E-state index in [-0.39, 0.29) is 6.04 Å². The first-order valence-electron chi connectivity index (χ1n) is 9.79. The zero-order valence-corrected chi connectivity index (χ0v) is 16.2. The van der Waals surface area contributed by atoms with Gasteiger partial charge in [0.1, 0.15) is 5.75 Å². The van der Waals surface area contributed by atoms with Crippen LogP contribution >= 0.6 is 0 Å². The van der Waals surface area contributed by atoms with Gasteiger partial charge in [-0.05, 0) is 42.6 Å². The second-order valence-electron chi connectivity index (χ2n) is 7.22. The fourth-order valence-electron chi connectivity index (χ4n) is 3.96. The van der Waals surface area contributed by atoms with Gasteiger partial charge in [0.15, 0.2) is 0 Å². The molecule has 1 fully saturated rings. The van der Waals surface area contributed by atoms with E-state index in [4.69, 9.17) is 15.5 Å². The van der Waals surface area contributed by atoms with Gasteiger partial charge >= 0.3 is 0 Å². The Labute approximate surface area is 166 Å². The molecule has 1 atom stereocenters. The van der Waals surface area contributed by atoms with Crippen LogP contribution < -0.4 is 10.5 Å². The van der Waals surface area contributed by atoms with Crippen molar-refractivity contribution >= 4 is 5.95 Å². The van der Waals surface area contributed by atoms with Gasteiger partial charge in [-0.1, -0.05) is 48.9 Å². The number of piperidine rings is 1. The lowest BCUT2D eigenvalue weighted by Gasteiger charge is -2.36. The minimum Gasteiger partial charge on any atom is -0.497 e. The summed E-state index contributed by atoms with van der Waals surface area (Å²) in [5.74, 6) is 1.22. The summed E-state index contributed by atoms with van der Waals surface area (Å²) in [6, 6.07) is 18.9. The molecule has 3 aromatic rings. The van der Waals surface area contributed by atoms with E-state index < -0.39 is 0 Å². The molecule has 0 spiro atoms. The van der Waals surface area contributed by atoms with Crippen LogP contribution in [0, 0.1) is 0 Å². The number of nitrogens with zero attached hydrogens (tertiary/aromatic N) is 3. The van der Waals surface area contributed by atoms with Crippen molar-refractivity contribution in [1.82, 2.24) is 14.9 Å². The zero-order valence-electron chi connectivity index (χ0n) is 16.2. The quantitative estimate of drug-likeness (QED) is 0.714. The molecule has 1 aliphatic rings. The number of hydrogen-bond donors (Lipinski definition) is 1. The summed E-state index contributed by atoms with van der Waals surface area (Å²) in [4.78, 5) is 11.5. The number of aromatic nitrogens is 2. The molecule has 1 saturated heterocycles. The van der Waals surface area contributed by atoms with Crippen molar-refractivity contribution in [2.75, 3.05) is 19.4 Å². The molecule has 1 aromatic heterocycles. The molecule has 5 heteroatoms. The fourth-order valence-corrected chi connectivity index (χ4v) is 3.96. The van der Waals surface area contributed by atoms with Crippen LogP contribution in [0.5, 0.6) is 5.75 Å². The molecule has 4 rings (SSSR count). The second-order valence-corrected chi connectivity index (χ2v) is 7.22. The number of rotatable bonds is 5. The van der Waals surface area contributed by atoms with Gasteiger partial charge in [0.05, 0.1) is 18.8 Å². The standard InChI is InChI=1S/C23H26N4O/c1-28-19-12-10-17(11-13-19)16-27-14-6-5-9-21(27)22-20(15-25-23(24)26-22)18-7-3-2-4-8-18/h2-4,7-8,10-13,15,21H,5-6,9,14,16H2,1H3,(H2,24,25,26)/t21-/m0/s1. The van der Waals surface area contributed by atoms with Gasteiger partial charge in [-0.2, -0.15) is 0 Å². The lowest BCUT2D eigenvalue weighted by atomic mass is 9.93. The molecule has 0 amide bonds. The van der Waals surface area contributed by atoms with Gasteiger partial charge in [0.2, 0.25) is 5.95 Å². The van der Waals surface area contributed by atoms with Crippen molar-refractivity contribution in [3.63, 3.8) is 0 Å². The van der Waals surface area contributed by atoms with Crippen LogP contribution in [0.3, 0.4) is 0 Å². The Morgan fingerprint density at radius 1 is 1.07 bits per heavy atom. The van der Waals surface area contributed by atoms with Gasteiger partial charge in [0, 0.05) is 18.3 Å². The Bertz CT molecular complexity index is 912. The van der Waals surface area contributed by atoms with Gasteiger partial charge < -0.3 is 10.5 Å². The molecule has 144 valence electrons. The summed E-state index contributed by atoms with van der Waals surface area (Å²) in [6.45, 7) is 1.93. The molecule has 2 N–H and O–H groups in total. The Balaban J connectivity index is 1.66. The number of ether oxygens (including phenoxy) is 1. The molecule has 2 aromatic carbocycles. The first kappa shape index (κ1) is 18.4. The van der Waals surface area contributed by atoms with Crippen molar-refractivity contribution in [3.8, 4) is 16.9 Å². The third-order valence-electron chi connectivity index (χ3n) is 5.40. The fraction of sp³-hybridized carbons (Fsp3) is 0.304. The minimum atomic E-state index is 0.233. The highest BCUT2D eigenvalue weighted by Crippen LogP contribution is 2.36. The lowest BCUT2D eigenvalue weighted by Crippen LogP contribution is -2.34. The number of likely N-dealkylation sites (tertiary alicyclic amines) is 1. The van der Waals surface area contributed by atoms with Crippen molar-refractivity contribution in [2.45, 2.75) is 31.8 Å². The van der Waals surface area contributed by atoms with E-state index in [1.54, 1.807) is 7.11 Å². The second kappa shape index (κ2) is 8.40. The van der Waals surface area contributed by atoms with Crippen LogP contribution in [0.4, 0.5) is 5.95 Å². The first-order valence-corrected chi connectivity index (χ1v) is 9.79. The number of anilines is 1. The summed E-state index contributed by atoms with van der Waals surface area (Å²) in [5, 5.41) is 0. The minimum absolute atomic E-state index is 0.233. The molecule has 0 bridgehead atoms. The van der Waals surface area contributed by atoms with E-state index in [2.05, 4.69) is 34.1 Å². The highest BCUT2D eigenvalue weighted by Gasteiger charge is 2.28. The third-order valence-corrected chi connectivity index (χ3v) is 5.40. The Kier molecular flexibility index (Phi) is 5.53. The molecular formula is C23H26N4O. The highest BCUT2D eigenvalue weighted by molar-refractivity contribution is 5.66. The molecule has 1 aliphatic heterocycles. The average molecular weight is 374 g/mol. The molecule has 0 saturated carbocycles. The molecule has 0 aliphatic carbocycles. The summed E-state index contributed by atoms with van der Waals surface area (Å²) in [6.07, 6.45) is 5.34. The van der Waals surface area contributed by atoms with Crippen molar-refractivity contribution < 1.29 is 4.74 Å². The van der Waals surface area contributed by atoms with Gasteiger partial charge in [-0.3, -0.25) is 4.90 Å². The average Bonchev–Trinajstić information content (AvgIpc) is 2.75. The number of benzene rings is 2. The maximum absolute atomic E-state index is 5.99. The summed E-state index contributed by atoms with van der Waals surface area (Å²) in [5.41, 5.74) is 10.5. The number of methoxy groups -OCH3 is 1. The van der Waals surface area contributed by atoms with Crippen LogP contribution in [-0.4, -0.2) is 28.5 Å². The van der Waals surface area contributed by atoms with E-state index in [0.717, 1.165) is 42.1 Å². The van der Waals surface area contributed by atoms with Crippen LogP contribution in [-0.2, 0) is 6.54 Å². The third kappa shape index (κ3) is 3.99. The van der Waals surface area contributed by atoms with Crippen molar-refractivity contribution in [2.24, 2.45) is 0 Å². The number of nitrogens with two attached hydrogens (primary N) is 1. The SMILES string of the molecule is COc1ccc(CN2CCCC[C@H]2c2nc(N)ncc2-c2ccccc2)cc1.